The summed E-state index contributed by atoms with van der Waals surface area (Å²) in [4.78, 5) is 11.7. The van der Waals surface area contributed by atoms with Crippen LogP contribution >= 0.6 is 0 Å². The van der Waals surface area contributed by atoms with Crippen LogP contribution in [0.3, 0.4) is 0 Å². The number of benzene rings is 1. The lowest BCUT2D eigenvalue weighted by molar-refractivity contribution is 0.0200. The quantitative estimate of drug-likeness (QED) is 0.621. The van der Waals surface area contributed by atoms with E-state index in [0.717, 1.165) is 5.56 Å². The van der Waals surface area contributed by atoms with Crippen LogP contribution in [0.1, 0.15) is 26.3 Å². The summed E-state index contributed by atoms with van der Waals surface area (Å²) in [5, 5.41) is 0. The van der Waals surface area contributed by atoms with Gasteiger partial charge in [0.15, 0.2) is 11.5 Å². The van der Waals surface area contributed by atoms with Crippen LogP contribution in [0, 0.1) is 6.92 Å². The smallest absolute Gasteiger partial charge is 0.493 e. The van der Waals surface area contributed by atoms with Gasteiger partial charge in [-0.25, -0.2) is 4.79 Å². The topological polar surface area (TPSA) is 54.0 Å². The van der Waals surface area contributed by atoms with Gasteiger partial charge in [0.25, 0.3) is 0 Å². The van der Waals surface area contributed by atoms with Gasteiger partial charge in [-0.1, -0.05) is 0 Å². The predicted octanol–water partition coefficient (Wildman–Crippen LogP) is 3.33. The molecular weight excluding hydrogens is 248 g/mol. The highest BCUT2D eigenvalue weighted by atomic mass is 16.7. The second-order valence-electron chi connectivity index (χ2n) is 5.07. The molecule has 0 bridgehead atoms. The molecule has 1 aromatic rings. The zero-order valence-corrected chi connectivity index (χ0v) is 12.2. The van der Waals surface area contributed by atoms with E-state index in [4.69, 9.17) is 18.9 Å². The molecule has 0 heterocycles. The molecule has 0 spiro atoms. The van der Waals surface area contributed by atoms with Gasteiger partial charge in [-0.3, -0.25) is 0 Å². The predicted molar refractivity (Wildman–Crippen MR) is 71.1 cm³/mol. The molecule has 0 radical (unpaired) electrons. The largest absolute Gasteiger partial charge is 0.514 e. The fourth-order valence-corrected chi connectivity index (χ4v) is 1.50. The summed E-state index contributed by atoms with van der Waals surface area (Å²) in [7, 11) is 3.00. The molecule has 0 amide bonds. The van der Waals surface area contributed by atoms with E-state index < -0.39 is 11.8 Å². The third-order valence-corrected chi connectivity index (χ3v) is 2.17. The molecule has 0 N–H and O–H groups in total. The van der Waals surface area contributed by atoms with Crippen molar-refractivity contribution in [3.05, 3.63) is 17.7 Å². The van der Waals surface area contributed by atoms with Gasteiger partial charge < -0.3 is 18.9 Å². The van der Waals surface area contributed by atoms with Crippen molar-refractivity contribution in [3.63, 3.8) is 0 Å². The number of aryl methyl sites for hydroxylation is 1. The van der Waals surface area contributed by atoms with E-state index in [0.29, 0.717) is 11.5 Å². The summed E-state index contributed by atoms with van der Waals surface area (Å²) in [6.07, 6.45) is -0.779. The van der Waals surface area contributed by atoms with Crippen molar-refractivity contribution >= 4 is 6.16 Å². The first-order chi connectivity index (χ1) is 8.76. The lowest BCUT2D eigenvalue weighted by atomic mass is 10.2. The minimum Gasteiger partial charge on any atom is -0.493 e. The van der Waals surface area contributed by atoms with Crippen LogP contribution < -0.4 is 14.2 Å². The third kappa shape index (κ3) is 4.35. The minimum atomic E-state index is -0.779. The van der Waals surface area contributed by atoms with Gasteiger partial charge in [-0.05, 0) is 45.4 Å². The van der Waals surface area contributed by atoms with E-state index >= 15 is 0 Å². The van der Waals surface area contributed by atoms with E-state index in [2.05, 4.69) is 0 Å². The summed E-state index contributed by atoms with van der Waals surface area (Å²) in [5.74, 6) is 1.13. The van der Waals surface area contributed by atoms with E-state index in [1.54, 1.807) is 32.9 Å². The SMILES string of the molecule is COc1cc(C)cc(OC(=O)OC(C)(C)C)c1OC. The highest BCUT2D eigenvalue weighted by molar-refractivity contribution is 5.67. The van der Waals surface area contributed by atoms with Crippen LogP contribution in [-0.4, -0.2) is 26.0 Å². The number of methoxy groups -OCH3 is 2. The first kappa shape index (κ1) is 15.1. The van der Waals surface area contributed by atoms with E-state index in [1.165, 1.54) is 14.2 Å². The summed E-state index contributed by atoms with van der Waals surface area (Å²) < 4.78 is 20.6. The van der Waals surface area contributed by atoms with Crippen molar-refractivity contribution in [2.24, 2.45) is 0 Å². The van der Waals surface area contributed by atoms with Crippen molar-refractivity contribution in [2.75, 3.05) is 14.2 Å². The van der Waals surface area contributed by atoms with Crippen LogP contribution in [0.25, 0.3) is 0 Å². The number of rotatable bonds is 3. The Morgan fingerprint density at radius 3 is 2.11 bits per heavy atom. The fraction of sp³-hybridized carbons (Fsp3) is 0.500. The molecule has 0 aromatic heterocycles. The van der Waals surface area contributed by atoms with Crippen molar-refractivity contribution in [3.8, 4) is 17.2 Å². The molecular formula is C14H20O5. The molecule has 0 unspecified atom stereocenters. The molecule has 19 heavy (non-hydrogen) atoms. The van der Waals surface area contributed by atoms with Gasteiger partial charge in [0.2, 0.25) is 5.75 Å². The molecule has 0 atom stereocenters. The van der Waals surface area contributed by atoms with Crippen LogP contribution in [0.2, 0.25) is 0 Å². The Morgan fingerprint density at radius 1 is 1.05 bits per heavy atom. The van der Waals surface area contributed by atoms with E-state index in [-0.39, 0.29) is 5.75 Å². The zero-order chi connectivity index (χ0) is 14.6. The molecule has 0 aliphatic heterocycles. The molecule has 0 aliphatic rings. The molecule has 5 nitrogen and oxygen atoms in total. The maximum absolute atomic E-state index is 11.7. The summed E-state index contributed by atoms with van der Waals surface area (Å²) in [6.45, 7) is 7.16. The normalized spacial score (nSPS) is 10.8. The number of carbonyl (C=O) groups is 1. The Balaban J connectivity index is 3.00. The average molecular weight is 268 g/mol. The van der Waals surface area contributed by atoms with E-state index in [9.17, 15) is 4.79 Å². The van der Waals surface area contributed by atoms with Gasteiger partial charge in [0.05, 0.1) is 14.2 Å². The Morgan fingerprint density at radius 2 is 1.63 bits per heavy atom. The average Bonchev–Trinajstić information content (AvgIpc) is 2.25. The van der Waals surface area contributed by atoms with E-state index in [1.807, 2.05) is 6.92 Å². The second kappa shape index (κ2) is 5.82. The molecule has 106 valence electrons. The van der Waals surface area contributed by atoms with Gasteiger partial charge in [-0.15, -0.1) is 0 Å². The van der Waals surface area contributed by atoms with Gasteiger partial charge in [0.1, 0.15) is 5.60 Å². The standard InChI is InChI=1S/C14H20O5/c1-9-7-10(16-5)12(17-6)11(8-9)18-13(15)19-14(2,3)4/h7-8H,1-6H3. The van der Waals surface area contributed by atoms with Crippen molar-refractivity contribution in [1.82, 2.24) is 0 Å². The first-order valence-electron chi connectivity index (χ1n) is 5.90. The molecule has 5 heteroatoms. The van der Waals surface area contributed by atoms with Crippen LogP contribution in [0.5, 0.6) is 17.2 Å². The Labute approximate surface area is 113 Å². The van der Waals surface area contributed by atoms with Crippen molar-refractivity contribution in [2.45, 2.75) is 33.3 Å². The number of hydrogen-bond donors (Lipinski definition) is 0. The first-order valence-corrected chi connectivity index (χ1v) is 5.90. The maximum atomic E-state index is 11.7. The summed E-state index contributed by atoms with van der Waals surface area (Å²) in [5.41, 5.74) is 0.273. The van der Waals surface area contributed by atoms with Crippen molar-refractivity contribution < 1.29 is 23.7 Å². The highest BCUT2D eigenvalue weighted by Crippen LogP contribution is 2.38. The van der Waals surface area contributed by atoms with Crippen LogP contribution in [-0.2, 0) is 4.74 Å². The molecule has 1 aromatic carbocycles. The number of hydrogen-bond acceptors (Lipinski definition) is 5. The monoisotopic (exact) mass is 268 g/mol. The van der Waals surface area contributed by atoms with Crippen molar-refractivity contribution in [1.29, 1.82) is 0 Å². The van der Waals surface area contributed by atoms with Gasteiger partial charge in [0, 0.05) is 0 Å². The number of carbonyl (C=O) groups excluding carboxylic acids is 1. The Bertz CT molecular complexity index is 460. The third-order valence-electron chi connectivity index (χ3n) is 2.17. The lowest BCUT2D eigenvalue weighted by Crippen LogP contribution is -2.26. The second-order valence-corrected chi connectivity index (χ2v) is 5.07. The molecule has 0 saturated carbocycles. The minimum absolute atomic E-state index is 0.272. The number of ether oxygens (including phenoxy) is 4. The fourth-order valence-electron chi connectivity index (χ4n) is 1.50. The van der Waals surface area contributed by atoms with Gasteiger partial charge >= 0.3 is 6.16 Å². The molecule has 0 saturated heterocycles. The molecule has 0 aliphatic carbocycles. The molecule has 0 fully saturated rings. The summed E-state index contributed by atoms with van der Waals surface area (Å²) in [6, 6.07) is 3.48. The van der Waals surface area contributed by atoms with Crippen LogP contribution in [0.4, 0.5) is 4.79 Å². The highest BCUT2D eigenvalue weighted by Gasteiger charge is 2.21. The maximum Gasteiger partial charge on any atom is 0.514 e. The lowest BCUT2D eigenvalue weighted by Gasteiger charge is -2.19. The zero-order valence-electron chi connectivity index (χ0n) is 12.2. The Hall–Kier alpha value is -1.91. The van der Waals surface area contributed by atoms with Gasteiger partial charge in [-0.2, -0.15) is 0 Å². The Kier molecular flexibility index (Phi) is 4.64. The molecule has 1 rings (SSSR count). The van der Waals surface area contributed by atoms with Crippen LogP contribution in [0.15, 0.2) is 12.1 Å². The summed E-state index contributed by atoms with van der Waals surface area (Å²) >= 11 is 0.